The minimum absolute atomic E-state index is 0.00136. The molecule has 0 spiro atoms. The van der Waals surface area contributed by atoms with Crippen molar-refractivity contribution in [3.8, 4) is 0 Å². The van der Waals surface area contributed by atoms with Crippen LogP contribution in [0.3, 0.4) is 0 Å². The van der Waals surface area contributed by atoms with Gasteiger partial charge in [-0.15, -0.1) is 0 Å². The Bertz CT molecular complexity index is 772. The summed E-state index contributed by atoms with van der Waals surface area (Å²) >= 11 is 0. The van der Waals surface area contributed by atoms with Gasteiger partial charge in [-0.2, -0.15) is 0 Å². The summed E-state index contributed by atoms with van der Waals surface area (Å²) in [5.74, 6) is -0.0676. The second-order valence-electron chi connectivity index (χ2n) is 10.6. The van der Waals surface area contributed by atoms with Crippen molar-refractivity contribution in [1.82, 2.24) is 9.80 Å². The molecule has 2 heterocycles. The minimum atomic E-state index is -0.953. The summed E-state index contributed by atoms with van der Waals surface area (Å²) in [5, 5.41) is 9.79. The van der Waals surface area contributed by atoms with E-state index in [0.29, 0.717) is 36.7 Å². The van der Waals surface area contributed by atoms with E-state index in [1.807, 2.05) is 17.0 Å². The Labute approximate surface area is 186 Å². The number of aliphatic hydroxyl groups excluding tert-OH is 1. The first kappa shape index (κ1) is 23.7. The Kier molecular flexibility index (Phi) is 7.43. The lowest BCUT2D eigenvalue weighted by atomic mass is 9.84. The van der Waals surface area contributed by atoms with Crippen LogP contribution in [-0.4, -0.2) is 64.5 Å². The number of primary amides is 1. The van der Waals surface area contributed by atoms with Crippen LogP contribution in [0.1, 0.15) is 81.6 Å². The number of hydrogen-bond donors (Lipinski definition) is 2. The van der Waals surface area contributed by atoms with Crippen LogP contribution in [0.15, 0.2) is 24.3 Å². The zero-order valence-corrected chi connectivity index (χ0v) is 19.5. The summed E-state index contributed by atoms with van der Waals surface area (Å²) in [5.41, 5.74) is 7.29. The second-order valence-corrected chi connectivity index (χ2v) is 10.6. The Morgan fingerprint density at radius 3 is 2.42 bits per heavy atom. The van der Waals surface area contributed by atoms with E-state index in [2.05, 4.69) is 31.7 Å². The fourth-order valence-electron chi connectivity index (χ4n) is 5.41. The summed E-state index contributed by atoms with van der Waals surface area (Å²) in [6.07, 6.45) is 4.62. The molecule has 2 aliphatic heterocycles. The van der Waals surface area contributed by atoms with Crippen LogP contribution in [0, 0.1) is 5.41 Å². The highest BCUT2D eigenvalue weighted by Gasteiger charge is 2.40. The molecule has 1 aromatic carbocycles. The van der Waals surface area contributed by atoms with Gasteiger partial charge in [0.25, 0.3) is 5.91 Å². The number of carbonyl (C=O) groups is 2. The van der Waals surface area contributed by atoms with Gasteiger partial charge in [-0.05, 0) is 68.1 Å². The van der Waals surface area contributed by atoms with Crippen LogP contribution in [0.2, 0.25) is 0 Å². The van der Waals surface area contributed by atoms with Gasteiger partial charge in [0.15, 0.2) is 0 Å². The van der Waals surface area contributed by atoms with E-state index < -0.39 is 6.10 Å². The van der Waals surface area contributed by atoms with Crippen molar-refractivity contribution in [1.29, 1.82) is 0 Å². The molecule has 2 bridgehead atoms. The predicted octanol–water partition coefficient (Wildman–Crippen LogP) is 3.14. The first-order chi connectivity index (χ1) is 14.5. The molecule has 0 radical (unpaired) electrons. The summed E-state index contributed by atoms with van der Waals surface area (Å²) in [6, 6.07) is 8.93. The Morgan fingerprint density at radius 2 is 1.87 bits per heavy atom. The molecule has 172 valence electrons. The first-order valence-corrected chi connectivity index (χ1v) is 11.7. The van der Waals surface area contributed by atoms with E-state index in [1.54, 1.807) is 13.0 Å². The molecule has 3 N–H and O–H groups in total. The smallest absolute Gasteiger partial charge is 0.251 e. The molecular weight excluding hydrogens is 390 g/mol. The third kappa shape index (κ3) is 6.07. The fourth-order valence-corrected chi connectivity index (χ4v) is 5.41. The lowest BCUT2D eigenvalue weighted by molar-refractivity contribution is -0.140. The maximum absolute atomic E-state index is 12.4. The number of benzene rings is 1. The molecule has 4 atom stereocenters. The van der Waals surface area contributed by atoms with Gasteiger partial charge in [0.1, 0.15) is 6.10 Å². The molecule has 2 aliphatic rings. The lowest BCUT2D eigenvalue weighted by Gasteiger charge is -2.40. The number of carbonyl (C=O) groups excluding carboxylic acids is 2. The molecule has 2 saturated heterocycles. The van der Waals surface area contributed by atoms with E-state index in [9.17, 15) is 14.7 Å². The molecule has 2 fully saturated rings. The highest BCUT2D eigenvalue weighted by Crippen LogP contribution is 2.43. The van der Waals surface area contributed by atoms with Crippen LogP contribution < -0.4 is 5.73 Å². The number of nitrogens with two attached hydrogens (primary N) is 1. The van der Waals surface area contributed by atoms with Gasteiger partial charge in [-0.1, -0.05) is 32.9 Å². The van der Waals surface area contributed by atoms with Crippen LogP contribution in [0.4, 0.5) is 0 Å². The summed E-state index contributed by atoms with van der Waals surface area (Å²) in [6.45, 7) is 10.2. The molecule has 2 amide bonds. The first-order valence-electron chi connectivity index (χ1n) is 11.7. The highest BCUT2D eigenvalue weighted by molar-refractivity contribution is 5.92. The molecule has 0 saturated carbocycles. The Balaban J connectivity index is 1.58. The maximum atomic E-state index is 12.4. The molecular formula is C25H39N3O3. The molecule has 0 aromatic heterocycles. The normalized spacial score (nSPS) is 24.7. The summed E-state index contributed by atoms with van der Waals surface area (Å²) < 4.78 is 0. The van der Waals surface area contributed by atoms with E-state index >= 15 is 0 Å². The standard InChI is InChI=1S/C25H39N3O3/c1-17(29)24(31)27(16-25(2,3)4)11-6-12-28-21-9-10-22(28)15-20(14-21)18-7-5-8-19(13-18)23(26)30/h5,7-8,13,17,20-22,29H,6,9-12,14-16H2,1-4H3,(H2,26,30)/t17-,20?,21-,22+/m0/s1. The minimum Gasteiger partial charge on any atom is -0.384 e. The number of hydrogen-bond acceptors (Lipinski definition) is 4. The number of piperidine rings is 1. The van der Waals surface area contributed by atoms with Crippen molar-refractivity contribution in [2.45, 2.75) is 83.9 Å². The van der Waals surface area contributed by atoms with Gasteiger partial charge < -0.3 is 15.7 Å². The molecule has 6 nitrogen and oxygen atoms in total. The van der Waals surface area contributed by atoms with Crippen LogP contribution in [0.5, 0.6) is 0 Å². The van der Waals surface area contributed by atoms with Gasteiger partial charge in [0.05, 0.1) is 0 Å². The van der Waals surface area contributed by atoms with Crippen molar-refractivity contribution >= 4 is 11.8 Å². The molecule has 1 aromatic rings. The lowest BCUT2D eigenvalue weighted by Crippen LogP contribution is -2.46. The number of amides is 2. The Morgan fingerprint density at radius 1 is 1.23 bits per heavy atom. The van der Waals surface area contributed by atoms with Gasteiger partial charge in [-0.3, -0.25) is 14.5 Å². The number of aliphatic hydroxyl groups is 1. The Hall–Kier alpha value is -1.92. The number of nitrogens with zero attached hydrogens (tertiary/aromatic N) is 2. The van der Waals surface area contributed by atoms with E-state index in [0.717, 1.165) is 25.8 Å². The predicted molar refractivity (Wildman–Crippen MR) is 123 cm³/mol. The van der Waals surface area contributed by atoms with Crippen LogP contribution in [0.25, 0.3) is 0 Å². The third-order valence-electron chi connectivity index (χ3n) is 6.71. The van der Waals surface area contributed by atoms with Gasteiger partial charge in [0, 0.05) is 37.3 Å². The molecule has 1 unspecified atom stereocenters. The van der Waals surface area contributed by atoms with E-state index in [1.165, 1.54) is 18.4 Å². The molecule has 31 heavy (non-hydrogen) atoms. The summed E-state index contributed by atoms with van der Waals surface area (Å²) in [4.78, 5) is 28.5. The third-order valence-corrected chi connectivity index (χ3v) is 6.71. The van der Waals surface area contributed by atoms with Crippen LogP contribution >= 0.6 is 0 Å². The fraction of sp³-hybridized carbons (Fsp3) is 0.680. The molecule has 3 rings (SSSR count). The van der Waals surface area contributed by atoms with E-state index in [4.69, 9.17) is 5.73 Å². The number of fused-ring (bicyclic) bond motifs is 2. The van der Waals surface area contributed by atoms with Gasteiger partial charge in [0.2, 0.25) is 5.91 Å². The van der Waals surface area contributed by atoms with Crippen molar-refractivity contribution in [2.75, 3.05) is 19.6 Å². The average Bonchev–Trinajstić information content (AvgIpc) is 2.93. The van der Waals surface area contributed by atoms with E-state index in [-0.39, 0.29) is 17.2 Å². The molecule has 0 aliphatic carbocycles. The van der Waals surface area contributed by atoms with Crippen LogP contribution in [-0.2, 0) is 4.79 Å². The summed E-state index contributed by atoms with van der Waals surface area (Å²) in [7, 11) is 0. The molecule has 6 heteroatoms. The zero-order chi connectivity index (χ0) is 22.8. The van der Waals surface area contributed by atoms with Crippen molar-refractivity contribution < 1.29 is 14.7 Å². The van der Waals surface area contributed by atoms with Gasteiger partial charge in [-0.25, -0.2) is 0 Å². The second kappa shape index (κ2) is 9.70. The SMILES string of the molecule is C[C@H](O)C(=O)N(CCCN1[C@@H]2CC[C@H]1CC(c1cccc(C(N)=O)c1)C2)CC(C)(C)C. The van der Waals surface area contributed by atoms with Crippen molar-refractivity contribution in [3.63, 3.8) is 0 Å². The largest absolute Gasteiger partial charge is 0.384 e. The quantitative estimate of drug-likeness (QED) is 0.665. The number of rotatable bonds is 8. The van der Waals surface area contributed by atoms with Gasteiger partial charge >= 0.3 is 0 Å². The van der Waals surface area contributed by atoms with Crippen molar-refractivity contribution in [3.05, 3.63) is 35.4 Å². The van der Waals surface area contributed by atoms with Crippen molar-refractivity contribution in [2.24, 2.45) is 11.1 Å². The maximum Gasteiger partial charge on any atom is 0.251 e. The average molecular weight is 430 g/mol. The highest BCUT2D eigenvalue weighted by atomic mass is 16.3. The zero-order valence-electron chi connectivity index (χ0n) is 19.5. The topological polar surface area (TPSA) is 86.9 Å². The monoisotopic (exact) mass is 429 g/mol.